The third-order valence-electron chi connectivity index (χ3n) is 2.98. The minimum atomic E-state index is -0.574. The van der Waals surface area contributed by atoms with Crippen LogP contribution in [0.15, 0.2) is 41.2 Å². The van der Waals surface area contributed by atoms with Crippen LogP contribution in [0.3, 0.4) is 0 Å². The monoisotopic (exact) mass is 285 g/mol. The lowest BCUT2D eigenvalue weighted by Crippen LogP contribution is -2.20. The number of benzene rings is 1. The maximum Gasteiger partial charge on any atom is 0.340 e. The molecule has 0 saturated heterocycles. The minimum Gasteiger partial charge on any atom is -0.462 e. The van der Waals surface area contributed by atoms with Crippen LogP contribution < -0.4 is 5.56 Å². The van der Waals surface area contributed by atoms with Crippen LogP contribution in [-0.4, -0.2) is 23.3 Å². The number of carbonyl (C=O) groups excluding carboxylic acids is 2. The molecule has 5 heteroatoms. The van der Waals surface area contributed by atoms with Gasteiger partial charge in [-0.2, -0.15) is 0 Å². The summed E-state index contributed by atoms with van der Waals surface area (Å²) < 4.78 is 4.99. The normalized spacial score (nSPS) is 10.2. The maximum atomic E-state index is 12.1. The lowest BCUT2D eigenvalue weighted by molar-refractivity contribution is 0.0527. The molecule has 0 atom stereocenters. The number of nitrogens with one attached hydrogen (secondary N) is 1. The van der Waals surface area contributed by atoms with E-state index in [0.717, 1.165) is 0 Å². The van der Waals surface area contributed by atoms with Gasteiger partial charge in [0.2, 0.25) is 0 Å². The first-order valence-electron chi connectivity index (χ1n) is 6.55. The Kier molecular flexibility index (Phi) is 4.33. The summed E-state index contributed by atoms with van der Waals surface area (Å²) in [5.74, 6) is -0.975. The maximum absolute atomic E-state index is 12.1. The van der Waals surface area contributed by atoms with Gasteiger partial charge in [-0.3, -0.25) is 9.59 Å². The summed E-state index contributed by atoms with van der Waals surface area (Å²) in [7, 11) is 0. The second kappa shape index (κ2) is 6.17. The zero-order valence-corrected chi connectivity index (χ0v) is 11.8. The molecule has 0 amide bonds. The van der Waals surface area contributed by atoms with Crippen molar-refractivity contribution in [2.24, 2.45) is 0 Å². The van der Waals surface area contributed by atoms with Gasteiger partial charge in [-0.05, 0) is 25.5 Å². The molecule has 0 bridgehead atoms. The molecule has 0 saturated carbocycles. The topological polar surface area (TPSA) is 76.2 Å². The number of hydrogen-bond acceptors (Lipinski definition) is 4. The number of Topliss-reactive ketones (excluding diaryl/α,β-unsaturated/α-hetero) is 1. The van der Waals surface area contributed by atoms with Crippen LogP contribution in [-0.2, 0) is 4.74 Å². The van der Waals surface area contributed by atoms with E-state index in [-0.39, 0.29) is 17.7 Å². The van der Waals surface area contributed by atoms with E-state index >= 15 is 0 Å². The zero-order valence-electron chi connectivity index (χ0n) is 11.8. The summed E-state index contributed by atoms with van der Waals surface area (Å²) in [6.07, 6.45) is 0. The summed E-state index contributed by atoms with van der Waals surface area (Å²) in [6, 6.07) is 10.2. The molecule has 2 aromatic rings. The van der Waals surface area contributed by atoms with Crippen molar-refractivity contribution in [2.45, 2.75) is 13.8 Å². The van der Waals surface area contributed by atoms with Crippen LogP contribution in [0.25, 0.3) is 11.3 Å². The Morgan fingerprint density at radius 1 is 1.14 bits per heavy atom. The molecule has 1 aromatic heterocycles. The van der Waals surface area contributed by atoms with Crippen molar-refractivity contribution in [3.63, 3.8) is 0 Å². The number of esters is 1. The van der Waals surface area contributed by atoms with Gasteiger partial charge in [0.1, 0.15) is 0 Å². The van der Waals surface area contributed by atoms with E-state index in [0.29, 0.717) is 11.3 Å². The molecule has 0 radical (unpaired) electrons. The van der Waals surface area contributed by atoms with Crippen LogP contribution in [0.5, 0.6) is 0 Å². The molecular weight excluding hydrogens is 270 g/mol. The van der Waals surface area contributed by atoms with Crippen molar-refractivity contribution in [1.29, 1.82) is 0 Å². The van der Waals surface area contributed by atoms with Crippen LogP contribution in [0.4, 0.5) is 0 Å². The molecule has 0 aliphatic heterocycles. The van der Waals surface area contributed by atoms with Crippen molar-refractivity contribution in [2.75, 3.05) is 6.61 Å². The van der Waals surface area contributed by atoms with E-state index in [1.165, 1.54) is 13.0 Å². The second-order valence-corrected chi connectivity index (χ2v) is 4.44. The van der Waals surface area contributed by atoms with E-state index < -0.39 is 17.3 Å². The molecule has 2 rings (SSSR count). The molecule has 1 aromatic carbocycles. The molecule has 0 spiro atoms. The standard InChI is InChI=1S/C16H15NO4/c1-3-21-16(20)13-9-12(10(2)18)15(19)17-14(13)11-7-5-4-6-8-11/h4-9H,3H2,1-2H3,(H,17,19). The van der Waals surface area contributed by atoms with E-state index in [9.17, 15) is 14.4 Å². The highest BCUT2D eigenvalue weighted by molar-refractivity contribution is 6.00. The van der Waals surface area contributed by atoms with Gasteiger partial charge in [-0.1, -0.05) is 30.3 Å². The van der Waals surface area contributed by atoms with Crippen LogP contribution in [0, 0.1) is 0 Å². The molecule has 0 fully saturated rings. The number of pyridine rings is 1. The van der Waals surface area contributed by atoms with Crippen LogP contribution in [0.1, 0.15) is 34.6 Å². The Labute approximate surface area is 121 Å². The number of aromatic amines is 1. The van der Waals surface area contributed by atoms with E-state index in [1.807, 2.05) is 6.07 Å². The Hall–Kier alpha value is -2.69. The Morgan fingerprint density at radius 3 is 2.38 bits per heavy atom. The average molecular weight is 285 g/mol. The molecule has 1 N–H and O–H groups in total. The smallest absolute Gasteiger partial charge is 0.340 e. The molecule has 0 aliphatic carbocycles. The largest absolute Gasteiger partial charge is 0.462 e. The summed E-state index contributed by atoms with van der Waals surface area (Å²) >= 11 is 0. The molecule has 21 heavy (non-hydrogen) atoms. The number of aromatic nitrogens is 1. The fraction of sp³-hybridized carbons (Fsp3) is 0.188. The lowest BCUT2D eigenvalue weighted by Gasteiger charge is -2.10. The number of ketones is 1. The predicted octanol–water partition coefficient (Wildman–Crippen LogP) is 2.42. The van der Waals surface area contributed by atoms with E-state index in [1.54, 1.807) is 31.2 Å². The number of H-pyrrole nitrogens is 1. The van der Waals surface area contributed by atoms with Gasteiger partial charge in [-0.25, -0.2) is 4.79 Å². The van der Waals surface area contributed by atoms with E-state index in [2.05, 4.69) is 4.98 Å². The number of hydrogen-bond donors (Lipinski definition) is 1. The molecule has 0 aliphatic rings. The molecule has 108 valence electrons. The number of rotatable bonds is 4. The average Bonchev–Trinajstić information content (AvgIpc) is 2.47. The van der Waals surface area contributed by atoms with Crippen molar-refractivity contribution < 1.29 is 14.3 Å². The van der Waals surface area contributed by atoms with Crippen molar-refractivity contribution in [1.82, 2.24) is 4.98 Å². The highest BCUT2D eigenvalue weighted by Gasteiger charge is 2.19. The minimum absolute atomic E-state index is 0.0577. The zero-order chi connectivity index (χ0) is 15.4. The number of carbonyl (C=O) groups is 2. The van der Waals surface area contributed by atoms with Gasteiger partial charge in [0.25, 0.3) is 5.56 Å². The molecular formula is C16H15NO4. The van der Waals surface area contributed by atoms with Crippen molar-refractivity contribution >= 4 is 11.8 Å². The summed E-state index contributed by atoms with van der Waals surface area (Å²) in [6.45, 7) is 3.18. The van der Waals surface area contributed by atoms with E-state index in [4.69, 9.17) is 4.74 Å². The quantitative estimate of drug-likeness (QED) is 0.691. The third-order valence-corrected chi connectivity index (χ3v) is 2.98. The Balaban J connectivity index is 2.68. The predicted molar refractivity (Wildman–Crippen MR) is 78.5 cm³/mol. The lowest BCUT2D eigenvalue weighted by atomic mass is 10.0. The van der Waals surface area contributed by atoms with Gasteiger partial charge in [0.05, 0.1) is 23.4 Å². The first-order chi connectivity index (χ1) is 10.0. The van der Waals surface area contributed by atoms with Gasteiger partial charge in [0, 0.05) is 0 Å². The molecule has 5 nitrogen and oxygen atoms in total. The Morgan fingerprint density at radius 2 is 1.81 bits per heavy atom. The first-order valence-corrected chi connectivity index (χ1v) is 6.55. The van der Waals surface area contributed by atoms with Crippen molar-refractivity contribution in [3.8, 4) is 11.3 Å². The van der Waals surface area contributed by atoms with Gasteiger partial charge >= 0.3 is 5.97 Å². The van der Waals surface area contributed by atoms with Crippen LogP contribution >= 0.6 is 0 Å². The highest BCUT2D eigenvalue weighted by atomic mass is 16.5. The fourth-order valence-electron chi connectivity index (χ4n) is 1.99. The summed E-state index contributed by atoms with van der Waals surface area (Å²) in [5, 5.41) is 0. The van der Waals surface area contributed by atoms with Gasteiger partial charge in [0.15, 0.2) is 5.78 Å². The first kappa shape index (κ1) is 14.7. The van der Waals surface area contributed by atoms with Crippen LogP contribution in [0.2, 0.25) is 0 Å². The number of ether oxygens (including phenoxy) is 1. The second-order valence-electron chi connectivity index (χ2n) is 4.44. The molecule has 0 unspecified atom stereocenters. The highest BCUT2D eigenvalue weighted by Crippen LogP contribution is 2.21. The summed E-state index contributed by atoms with van der Waals surface area (Å²) in [4.78, 5) is 38.1. The fourth-order valence-corrected chi connectivity index (χ4v) is 1.99. The van der Waals surface area contributed by atoms with Gasteiger partial charge < -0.3 is 9.72 Å². The van der Waals surface area contributed by atoms with Gasteiger partial charge in [-0.15, -0.1) is 0 Å². The molecule has 1 heterocycles. The van der Waals surface area contributed by atoms with Crippen molar-refractivity contribution in [3.05, 3.63) is 57.9 Å². The SMILES string of the molecule is CCOC(=O)c1cc(C(C)=O)c(=O)[nH]c1-c1ccccc1. The third kappa shape index (κ3) is 3.08. The summed E-state index contributed by atoms with van der Waals surface area (Å²) in [5.41, 5.74) is 0.622. The Bertz CT molecular complexity index is 732.